The van der Waals surface area contributed by atoms with Crippen molar-refractivity contribution >= 4 is 16.9 Å². The van der Waals surface area contributed by atoms with Crippen LogP contribution < -0.4 is 5.32 Å². The third-order valence-corrected chi connectivity index (χ3v) is 3.02. The normalized spacial score (nSPS) is 24.4. The van der Waals surface area contributed by atoms with Crippen molar-refractivity contribution in [2.45, 2.75) is 31.9 Å². The SMILES string of the molecule is CC(C)SC(=O)C1CCCNC1. The van der Waals surface area contributed by atoms with Gasteiger partial charge in [-0.15, -0.1) is 0 Å². The zero-order valence-electron chi connectivity index (χ0n) is 7.80. The molecular formula is C9H17NOS. The van der Waals surface area contributed by atoms with Crippen LogP contribution in [0.2, 0.25) is 0 Å². The van der Waals surface area contributed by atoms with Gasteiger partial charge in [-0.1, -0.05) is 25.6 Å². The van der Waals surface area contributed by atoms with E-state index in [1.807, 2.05) is 0 Å². The Morgan fingerprint density at radius 2 is 2.33 bits per heavy atom. The van der Waals surface area contributed by atoms with E-state index in [0.717, 1.165) is 25.9 Å². The third-order valence-electron chi connectivity index (χ3n) is 1.98. The van der Waals surface area contributed by atoms with E-state index < -0.39 is 0 Å². The predicted octanol–water partition coefficient (Wildman–Crippen LogP) is 1.65. The summed E-state index contributed by atoms with van der Waals surface area (Å²) in [6, 6.07) is 0. The van der Waals surface area contributed by atoms with E-state index in [9.17, 15) is 4.79 Å². The van der Waals surface area contributed by atoms with Gasteiger partial charge in [0.15, 0.2) is 5.12 Å². The molecule has 0 spiro atoms. The van der Waals surface area contributed by atoms with Crippen molar-refractivity contribution < 1.29 is 4.79 Å². The molecule has 2 nitrogen and oxygen atoms in total. The summed E-state index contributed by atoms with van der Waals surface area (Å²) < 4.78 is 0. The minimum Gasteiger partial charge on any atom is -0.316 e. The van der Waals surface area contributed by atoms with Crippen molar-refractivity contribution in [3.63, 3.8) is 0 Å². The van der Waals surface area contributed by atoms with E-state index in [1.54, 1.807) is 0 Å². The van der Waals surface area contributed by atoms with Crippen LogP contribution in [0.1, 0.15) is 26.7 Å². The van der Waals surface area contributed by atoms with E-state index in [1.165, 1.54) is 11.8 Å². The molecule has 1 N–H and O–H groups in total. The lowest BCUT2D eigenvalue weighted by Gasteiger charge is -2.21. The number of hydrogen-bond acceptors (Lipinski definition) is 3. The zero-order chi connectivity index (χ0) is 8.97. The van der Waals surface area contributed by atoms with Gasteiger partial charge in [-0.05, 0) is 19.4 Å². The Hall–Kier alpha value is -0.0200. The summed E-state index contributed by atoms with van der Waals surface area (Å²) in [7, 11) is 0. The maximum absolute atomic E-state index is 11.5. The summed E-state index contributed by atoms with van der Waals surface area (Å²) in [6.07, 6.45) is 2.22. The minimum absolute atomic E-state index is 0.270. The zero-order valence-corrected chi connectivity index (χ0v) is 8.62. The van der Waals surface area contributed by atoms with Crippen LogP contribution in [0.25, 0.3) is 0 Å². The van der Waals surface area contributed by atoms with Crippen LogP contribution >= 0.6 is 11.8 Å². The van der Waals surface area contributed by atoms with Crippen LogP contribution in [0.4, 0.5) is 0 Å². The van der Waals surface area contributed by atoms with Crippen molar-refractivity contribution in [3.8, 4) is 0 Å². The molecule has 0 aromatic rings. The first-order valence-electron chi connectivity index (χ1n) is 4.61. The van der Waals surface area contributed by atoms with Crippen LogP contribution in [0, 0.1) is 5.92 Å². The standard InChI is InChI=1S/C9H17NOS/c1-7(2)12-9(11)8-4-3-5-10-6-8/h7-8,10H,3-6H2,1-2H3. The van der Waals surface area contributed by atoms with Crippen LogP contribution in [-0.2, 0) is 4.79 Å². The quantitative estimate of drug-likeness (QED) is 0.713. The van der Waals surface area contributed by atoms with Gasteiger partial charge in [-0.25, -0.2) is 0 Å². The largest absolute Gasteiger partial charge is 0.316 e. The molecule has 0 amide bonds. The van der Waals surface area contributed by atoms with E-state index in [0.29, 0.717) is 10.4 Å². The molecule has 0 aliphatic carbocycles. The van der Waals surface area contributed by atoms with E-state index in [-0.39, 0.29) is 5.92 Å². The Kier molecular flexibility index (Phi) is 4.09. The number of hydrogen-bond donors (Lipinski definition) is 1. The second kappa shape index (κ2) is 4.87. The van der Waals surface area contributed by atoms with Crippen LogP contribution in [0.3, 0.4) is 0 Å². The maximum Gasteiger partial charge on any atom is 0.193 e. The molecule has 0 bridgehead atoms. The lowest BCUT2D eigenvalue weighted by atomic mass is 10.0. The summed E-state index contributed by atoms with van der Waals surface area (Å²) in [6.45, 7) is 6.10. The van der Waals surface area contributed by atoms with Crippen molar-refractivity contribution in [1.82, 2.24) is 5.32 Å². The molecule has 1 unspecified atom stereocenters. The van der Waals surface area contributed by atoms with Crippen molar-refractivity contribution in [1.29, 1.82) is 0 Å². The Balaban J connectivity index is 2.30. The van der Waals surface area contributed by atoms with Crippen LogP contribution in [0.15, 0.2) is 0 Å². The fraction of sp³-hybridized carbons (Fsp3) is 0.889. The molecule has 1 aliphatic heterocycles. The van der Waals surface area contributed by atoms with Gasteiger partial charge in [0.25, 0.3) is 0 Å². The van der Waals surface area contributed by atoms with E-state index >= 15 is 0 Å². The molecular weight excluding hydrogens is 170 g/mol. The molecule has 12 heavy (non-hydrogen) atoms. The average molecular weight is 187 g/mol. The summed E-state index contributed by atoms with van der Waals surface area (Å²) in [5.74, 6) is 0.270. The second-order valence-electron chi connectivity index (χ2n) is 3.53. The van der Waals surface area contributed by atoms with Gasteiger partial charge < -0.3 is 5.32 Å². The fourth-order valence-corrected chi connectivity index (χ4v) is 2.24. The molecule has 3 heteroatoms. The van der Waals surface area contributed by atoms with Gasteiger partial charge in [0.1, 0.15) is 0 Å². The van der Waals surface area contributed by atoms with Crippen LogP contribution in [0.5, 0.6) is 0 Å². The monoisotopic (exact) mass is 187 g/mol. The first-order chi connectivity index (χ1) is 5.70. The molecule has 1 saturated heterocycles. The fourth-order valence-electron chi connectivity index (χ4n) is 1.38. The molecule has 0 saturated carbocycles. The number of carbonyl (C=O) groups is 1. The maximum atomic E-state index is 11.5. The summed E-state index contributed by atoms with van der Waals surface area (Å²) in [5, 5.41) is 4.06. The average Bonchev–Trinajstić information content (AvgIpc) is 2.05. The van der Waals surface area contributed by atoms with E-state index in [2.05, 4.69) is 19.2 Å². The van der Waals surface area contributed by atoms with Gasteiger partial charge in [-0.3, -0.25) is 4.79 Å². The molecule has 1 rings (SSSR count). The minimum atomic E-state index is 0.270. The highest BCUT2D eigenvalue weighted by Gasteiger charge is 2.21. The first kappa shape index (κ1) is 10.1. The number of carbonyl (C=O) groups excluding carboxylic acids is 1. The third kappa shape index (κ3) is 3.15. The topological polar surface area (TPSA) is 29.1 Å². The van der Waals surface area contributed by atoms with E-state index in [4.69, 9.17) is 0 Å². The highest BCUT2D eigenvalue weighted by molar-refractivity contribution is 8.14. The van der Waals surface area contributed by atoms with Gasteiger partial charge in [0.05, 0.1) is 0 Å². The molecule has 0 aromatic heterocycles. The lowest BCUT2D eigenvalue weighted by molar-refractivity contribution is -0.114. The summed E-state index contributed by atoms with van der Waals surface area (Å²) >= 11 is 1.48. The number of rotatable bonds is 2. The lowest BCUT2D eigenvalue weighted by Crippen LogP contribution is -2.33. The first-order valence-corrected chi connectivity index (χ1v) is 5.49. The smallest absolute Gasteiger partial charge is 0.193 e. The van der Waals surface area contributed by atoms with Crippen LogP contribution in [-0.4, -0.2) is 23.5 Å². The molecule has 0 aromatic carbocycles. The van der Waals surface area contributed by atoms with Crippen molar-refractivity contribution in [3.05, 3.63) is 0 Å². The summed E-state index contributed by atoms with van der Waals surface area (Å²) in [5.41, 5.74) is 0. The Morgan fingerprint density at radius 3 is 2.83 bits per heavy atom. The Bertz CT molecular complexity index is 153. The molecule has 1 heterocycles. The van der Waals surface area contributed by atoms with Crippen molar-refractivity contribution in [2.75, 3.05) is 13.1 Å². The Labute approximate surface area is 78.5 Å². The predicted molar refractivity (Wildman–Crippen MR) is 53.3 cm³/mol. The molecule has 1 aliphatic rings. The Morgan fingerprint density at radius 1 is 1.58 bits per heavy atom. The van der Waals surface area contributed by atoms with Gasteiger partial charge in [0, 0.05) is 17.7 Å². The molecule has 70 valence electrons. The molecule has 0 radical (unpaired) electrons. The summed E-state index contributed by atoms with van der Waals surface area (Å²) in [4.78, 5) is 11.5. The number of nitrogens with one attached hydrogen (secondary N) is 1. The highest BCUT2D eigenvalue weighted by Crippen LogP contribution is 2.21. The highest BCUT2D eigenvalue weighted by atomic mass is 32.2. The van der Waals surface area contributed by atoms with Gasteiger partial charge >= 0.3 is 0 Å². The van der Waals surface area contributed by atoms with Gasteiger partial charge in [-0.2, -0.15) is 0 Å². The molecule has 1 atom stereocenters. The van der Waals surface area contributed by atoms with Gasteiger partial charge in [0.2, 0.25) is 0 Å². The molecule has 1 fully saturated rings. The second-order valence-corrected chi connectivity index (χ2v) is 5.11. The number of piperidine rings is 1. The van der Waals surface area contributed by atoms with Crippen molar-refractivity contribution in [2.24, 2.45) is 5.92 Å². The number of thioether (sulfide) groups is 1.